The van der Waals surface area contributed by atoms with Gasteiger partial charge in [0.1, 0.15) is 11.6 Å². The molecule has 0 spiro atoms. The van der Waals surface area contributed by atoms with Gasteiger partial charge in [0.05, 0.1) is 23.1 Å². The normalized spacial score (nSPS) is 11.7. The van der Waals surface area contributed by atoms with Crippen molar-refractivity contribution in [2.75, 3.05) is 18.4 Å². The van der Waals surface area contributed by atoms with Gasteiger partial charge in [0.2, 0.25) is 15.9 Å². The number of benzene rings is 2. The highest BCUT2D eigenvalue weighted by Crippen LogP contribution is 2.30. The molecule has 0 aromatic heterocycles. The largest absolute Gasteiger partial charge is 0.489 e. The fraction of sp³-hybridized carbons (Fsp3) is 0.381. The molecule has 0 saturated heterocycles. The Morgan fingerprint density at radius 1 is 1.14 bits per heavy atom. The first-order valence-electron chi connectivity index (χ1n) is 9.52. The van der Waals surface area contributed by atoms with Crippen molar-refractivity contribution in [1.82, 2.24) is 4.31 Å². The van der Waals surface area contributed by atoms with Crippen molar-refractivity contribution in [3.63, 3.8) is 0 Å². The molecule has 1 amide bonds. The Morgan fingerprint density at radius 2 is 1.83 bits per heavy atom. The maximum Gasteiger partial charge on any atom is 0.243 e. The Bertz CT molecular complexity index is 957. The van der Waals surface area contributed by atoms with E-state index in [4.69, 9.17) is 4.74 Å². The van der Waals surface area contributed by atoms with Crippen molar-refractivity contribution in [3.05, 3.63) is 53.8 Å². The average Bonchev–Trinajstić information content (AvgIpc) is 2.63. The molecule has 0 atom stereocenters. The number of ether oxygens (including phenoxy) is 1. The summed E-state index contributed by atoms with van der Waals surface area (Å²) >= 11 is 0. The van der Waals surface area contributed by atoms with Gasteiger partial charge >= 0.3 is 0 Å². The number of nitrogens with zero attached hydrogens (tertiary/aromatic N) is 1. The summed E-state index contributed by atoms with van der Waals surface area (Å²) in [5.41, 5.74) is 0.772. The van der Waals surface area contributed by atoms with Gasteiger partial charge in [-0.15, -0.1) is 0 Å². The summed E-state index contributed by atoms with van der Waals surface area (Å²) in [4.78, 5) is 12.6. The number of sulfonamides is 1. The molecule has 0 heterocycles. The monoisotopic (exact) mass is 422 g/mol. The number of anilines is 1. The van der Waals surface area contributed by atoms with Crippen molar-refractivity contribution < 1.29 is 22.3 Å². The maximum absolute atomic E-state index is 13.4. The zero-order valence-electron chi connectivity index (χ0n) is 17.1. The molecule has 29 heavy (non-hydrogen) atoms. The molecule has 2 aromatic rings. The van der Waals surface area contributed by atoms with Crippen LogP contribution >= 0.6 is 0 Å². The minimum atomic E-state index is -3.69. The van der Waals surface area contributed by atoms with Gasteiger partial charge in [-0.05, 0) is 49.7 Å². The SMILES string of the molecule is CCN(CC)S(=O)(=O)c1ccc(OC(C)C)c(NC(=O)Cc2cccc(F)c2)c1. The molecular formula is C21H27FN2O4S. The number of amides is 1. The van der Waals surface area contributed by atoms with Gasteiger partial charge in [-0.1, -0.05) is 26.0 Å². The van der Waals surface area contributed by atoms with Gasteiger partial charge in [-0.25, -0.2) is 12.8 Å². The first kappa shape index (κ1) is 22.8. The van der Waals surface area contributed by atoms with E-state index in [0.29, 0.717) is 24.4 Å². The topological polar surface area (TPSA) is 75.7 Å². The Balaban J connectivity index is 2.35. The van der Waals surface area contributed by atoms with Crippen LogP contribution in [0.25, 0.3) is 0 Å². The van der Waals surface area contributed by atoms with E-state index in [0.717, 1.165) is 0 Å². The van der Waals surface area contributed by atoms with Crippen LogP contribution in [0.2, 0.25) is 0 Å². The van der Waals surface area contributed by atoms with Crippen LogP contribution in [0.1, 0.15) is 33.3 Å². The molecule has 6 nitrogen and oxygen atoms in total. The van der Waals surface area contributed by atoms with Gasteiger partial charge in [-0.3, -0.25) is 4.79 Å². The number of hydrogen-bond acceptors (Lipinski definition) is 4. The van der Waals surface area contributed by atoms with Crippen LogP contribution in [0.3, 0.4) is 0 Å². The first-order chi connectivity index (χ1) is 13.7. The lowest BCUT2D eigenvalue weighted by molar-refractivity contribution is -0.115. The molecule has 1 N–H and O–H groups in total. The summed E-state index contributed by atoms with van der Waals surface area (Å²) in [6, 6.07) is 10.2. The Kier molecular flexibility index (Phi) is 7.75. The molecule has 0 unspecified atom stereocenters. The number of rotatable bonds is 9. The molecule has 0 bridgehead atoms. The predicted molar refractivity (Wildman–Crippen MR) is 111 cm³/mol. The molecule has 2 rings (SSSR count). The van der Waals surface area contributed by atoms with Crippen molar-refractivity contribution >= 4 is 21.6 Å². The predicted octanol–water partition coefficient (Wildman–Crippen LogP) is 3.82. The minimum Gasteiger partial charge on any atom is -0.489 e. The van der Waals surface area contributed by atoms with Crippen LogP contribution < -0.4 is 10.1 Å². The fourth-order valence-electron chi connectivity index (χ4n) is 2.86. The van der Waals surface area contributed by atoms with Gasteiger partial charge in [-0.2, -0.15) is 4.31 Å². The van der Waals surface area contributed by atoms with Crippen molar-refractivity contribution in [1.29, 1.82) is 0 Å². The molecule has 0 aliphatic heterocycles. The van der Waals surface area contributed by atoms with E-state index >= 15 is 0 Å². The number of hydrogen-bond donors (Lipinski definition) is 1. The second kappa shape index (κ2) is 9.84. The third-order valence-corrected chi connectivity index (χ3v) is 6.23. The van der Waals surface area contributed by atoms with E-state index in [9.17, 15) is 17.6 Å². The maximum atomic E-state index is 13.4. The lowest BCUT2D eigenvalue weighted by atomic mass is 10.1. The first-order valence-corrected chi connectivity index (χ1v) is 11.0. The van der Waals surface area contributed by atoms with Gasteiger partial charge < -0.3 is 10.1 Å². The highest BCUT2D eigenvalue weighted by molar-refractivity contribution is 7.89. The smallest absolute Gasteiger partial charge is 0.243 e. The van der Waals surface area contributed by atoms with Crippen LogP contribution in [-0.2, 0) is 21.2 Å². The fourth-order valence-corrected chi connectivity index (χ4v) is 4.35. The third kappa shape index (κ3) is 6.01. The number of carbonyl (C=O) groups is 1. The molecule has 0 saturated carbocycles. The number of halogens is 1. The van der Waals surface area contributed by atoms with E-state index in [-0.39, 0.29) is 23.1 Å². The second-order valence-corrected chi connectivity index (χ2v) is 8.71. The zero-order chi connectivity index (χ0) is 21.6. The Labute approximate surface area is 171 Å². The van der Waals surface area contributed by atoms with E-state index in [1.54, 1.807) is 19.9 Å². The van der Waals surface area contributed by atoms with Crippen LogP contribution in [0, 0.1) is 5.82 Å². The van der Waals surface area contributed by atoms with Gasteiger partial charge in [0, 0.05) is 13.1 Å². The summed E-state index contributed by atoms with van der Waals surface area (Å²) in [5, 5.41) is 2.70. The third-order valence-electron chi connectivity index (χ3n) is 4.18. The van der Waals surface area contributed by atoms with E-state index in [1.165, 1.54) is 40.7 Å². The van der Waals surface area contributed by atoms with E-state index < -0.39 is 21.7 Å². The van der Waals surface area contributed by atoms with Crippen LogP contribution in [0.5, 0.6) is 5.75 Å². The summed E-state index contributed by atoms with van der Waals surface area (Å²) < 4.78 is 46.1. The molecule has 0 fully saturated rings. The van der Waals surface area contributed by atoms with E-state index in [1.807, 2.05) is 13.8 Å². The number of carbonyl (C=O) groups excluding carboxylic acids is 1. The lowest BCUT2D eigenvalue weighted by Crippen LogP contribution is -2.30. The van der Waals surface area contributed by atoms with Crippen LogP contribution in [0.4, 0.5) is 10.1 Å². The zero-order valence-corrected chi connectivity index (χ0v) is 17.9. The molecule has 158 valence electrons. The highest BCUT2D eigenvalue weighted by atomic mass is 32.2. The molecule has 8 heteroatoms. The molecule has 0 aliphatic rings. The van der Waals surface area contributed by atoms with E-state index in [2.05, 4.69) is 5.32 Å². The molecule has 0 radical (unpaired) electrons. The van der Waals surface area contributed by atoms with Gasteiger partial charge in [0.15, 0.2) is 0 Å². The average molecular weight is 423 g/mol. The molecule has 2 aromatic carbocycles. The van der Waals surface area contributed by atoms with Crippen molar-refractivity contribution in [2.45, 2.75) is 45.1 Å². The van der Waals surface area contributed by atoms with Crippen molar-refractivity contribution in [2.24, 2.45) is 0 Å². The minimum absolute atomic E-state index is 0.0497. The molecular weight excluding hydrogens is 395 g/mol. The summed E-state index contributed by atoms with van der Waals surface area (Å²) in [5.74, 6) is -0.459. The summed E-state index contributed by atoms with van der Waals surface area (Å²) in [6.45, 7) is 7.87. The standard InChI is InChI=1S/C21H27FN2O4S/c1-5-24(6-2)29(26,27)18-10-11-20(28-15(3)4)19(14-18)23-21(25)13-16-8-7-9-17(22)12-16/h7-12,14-15H,5-6,13H2,1-4H3,(H,23,25). The van der Waals surface area contributed by atoms with Gasteiger partial charge in [0.25, 0.3) is 0 Å². The lowest BCUT2D eigenvalue weighted by Gasteiger charge is -2.20. The summed E-state index contributed by atoms with van der Waals surface area (Å²) in [6.07, 6.45) is -0.217. The second-order valence-electron chi connectivity index (χ2n) is 6.77. The van der Waals surface area contributed by atoms with Crippen LogP contribution in [-0.4, -0.2) is 37.8 Å². The Morgan fingerprint density at radius 3 is 2.41 bits per heavy atom. The Hall–Kier alpha value is -2.45. The molecule has 0 aliphatic carbocycles. The number of nitrogens with one attached hydrogen (secondary N) is 1. The van der Waals surface area contributed by atoms with Crippen molar-refractivity contribution in [3.8, 4) is 5.75 Å². The highest BCUT2D eigenvalue weighted by Gasteiger charge is 2.23. The summed E-state index contributed by atoms with van der Waals surface area (Å²) in [7, 11) is -3.69. The van der Waals surface area contributed by atoms with Crippen LogP contribution in [0.15, 0.2) is 47.4 Å². The quantitative estimate of drug-likeness (QED) is 0.667.